The normalized spacial score (nSPS) is 29.0. The third-order valence-electron chi connectivity index (χ3n) is 7.64. The largest absolute Gasteiger partial charge is 0.441 e. The lowest BCUT2D eigenvalue weighted by molar-refractivity contribution is -0.0967. The number of ether oxygens (including phenoxy) is 1. The van der Waals surface area contributed by atoms with Gasteiger partial charge in [0.2, 0.25) is 5.89 Å². The van der Waals surface area contributed by atoms with Gasteiger partial charge in [0.25, 0.3) is 0 Å². The molecule has 0 N–H and O–H groups in total. The number of nitrogens with zero attached hydrogens (tertiary/aromatic N) is 3. The van der Waals surface area contributed by atoms with Crippen molar-refractivity contribution in [3.63, 3.8) is 0 Å². The molecule has 0 radical (unpaired) electrons. The van der Waals surface area contributed by atoms with Crippen LogP contribution in [0.25, 0.3) is 11.5 Å². The van der Waals surface area contributed by atoms with Crippen molar-refractivity contribution in [1.29, 1.82) is 0 Å². The van der Waals surface area contributed by atoms with Gasteiger partial charge in [0, 0.05) is 50.2 Å². The first kappa shape index (κ1) is 20.2. The van der Waals surface area contributed by atoms with Crippen LogP contribution in [0.2, 0.25) is 0 Å². The standard InChI is InChI=1S/C25H35N3O2/c1-18-6-5-7-20(12-18)23-26-21(19(2)30-23)13-28-14-22-24(3,4)15-25(22,17-28)16-27-8-10-29-11-9-27/h5-7,12,22H,8-11,13-17H2,1-4H3/t22-,25+/m1/s1. The minimum atomic E-state index is 0.428. The molecule has 0 amide bonds. The van der Waals surface area contributed by atoms with Crippen LogP contribution in [0.3, 0.4) is 0 Å². The molecule has 2 aromatic rings. The number of aromatic nitrogens is 1. The Labute approximate surface area is 180 Å². The molecule has 1 aromatic carbocycles. The third kappa shape index (κ3) is 3.61. The SMILES string of the molecule is Cc1cccc(-c2nc(CN3C[C@@H]4C(C)(C)C[C@]4(CN4CCOCC4)C3)c(C)o2)c1. The molecular formula is C25H35N3O2. The quantitative estimate of drug-likeness (QED) is 0.742. The van der Waals surface area contributed by atoms with E-state index in [1.807, 2.05) is 0 Å². The average Bonchev–Trinajstić information content (AvgIpc) is 3.21. The van der Waals surface area contributed by atoms with Gasteiger partial charge >= 0.3 is 0 Å². The summed E-state index contributed by atoms with van der Waals surface area (Å²) >= 11 is 0. The van der Waals surface area contributed by atoms with Crippen molar-refractivity contribution >= 4 is 0 Å². The molecule has 1 saturated carbocycles. The number of hydrogen-bond donors (Lipinski definition) is 0. The smallest absolute Gasteiger partial charge is 0.226 e. The van der Waals surface area contributed by atoms with Crippen molar-refractivity contribution in [2.75, 3.05) is 45.9 Å². The number of hydrogen-bond acceptors (Lipinski definition) is 5. The molecular weight excluding hydrogens is 374 g/mol. The Bertz CT molecular complexity index is 915. The van der Waals surface area contributed by atoms with Crippen molar-refractivity contribution < 1.29 is 9.15 Å². The van der Waals surface area contributed by atoms with Crippen LogP contribution < -0.4 is 0 Å². The summed E-state index contributed by atoms with van der Waals surface area (Å²) in [5.41, 5.74) is 4.25. The molecule has 2 saturated heterocycles. The Balaban J connectivity index is 1.31. The number of rotatable bonds is 5. The first-order valence-corrected chi connectivity index (χ1v) is 11.4. The lowest BCUT2D eigenvalue weighted by Gasteiger charge is -2.58. The van der Waals surface area contributed by atoms with Gasteiger partial charge in [0.15, 0.2) is 0 Å². The van der Waals surface area contributed by atoms with Crippen molar-refractivity contribution in [1.82, 2.24) is 14.8 Å². The molecule has 30 heavy (non-hydrogen) atoms. The fraction of sp³-hybridized carbons (Fsp3) is 0.640. The van der Waals surface area contributed by atoms with Crippen molar-refractivity contribution in [3.05, 3.63) is 41.3 Å². The van der Waals surface area contributed by atoms with Crippen molar-refractivity contribution in [2.45, 2.75) is 40.7 Å². The van der Waals surface area contributed by atoms with E-state index in [1.54, 1.807) is 0 Å². The number of benzene rings is 1. The second kappa shape index (κ2) is 7.47. The zero-order chi connectivity index (χ0) is 20.9. The van der Waals surface area contributed by atoms with Crippen LogP contribution in [0.15, 0.2) is 28.7 Å². The molecule has 5 nitrogen and oxygen atoms in total. The monoisotopic (exact) mass is 409 g/mol. The van der Waals surface area contributed by atoms with Crippen molar-refractivity contribution in [3.8, 4) is 11.5 Å². The first-order valence-electron chi connectivity index (χ1n) is 11.4. The van der Waals surface area contributed by atoms with E-state index in [2.05, 4.69) is 61.8 Å². The van der Waals surface area contributed by atoms with Gasteiger partial charge in [-0.25, -0.2) is 4.98 Å². The van der Waals surface area contributed by atoms with Crippen LogP contribution in [-0.2, 0) is 11.3 Å². The van der Waals surface area contributed by atoms with Gasteiger partial charge in [-0.15, -0.1) is 0 Å². The molecule has 1 aliphatic carbocycles. The molecule has 0 spiro atoms. The Kier molecular flexibility index (Phi) is 5.04. The van der Waals surface area contributed by atoms with Crippen LogP contribution in [0.1, 0.15) is 37.3 Å². The van der Waals surface area contributed by atoms with Crippen molar-refractivity contribution in [2.24, 2.45) is 16.7 Å². The lowest BCUT2D eigenvalue weighted by Crippen LogP contribution is -2.59. The van der Waals surface area contributed by atoms with Gasteiger partial charge in [-0.3, -0.25) is 9.80 Å². The second-order valence-electron chi connectivity index (χ2n) is 10.5. The number of morpholine rings is 1. The molecule has 2 atom stereocenters. The van der Waals surface area contributed by atoms with E-state index in [0.717, 1.165) is 61.7 Å². The van der Waals surface area contributed by atoms with Gasteiger partial charge < -0.3 is 9.15 Å². The zero-order valence-corrected chi connectivity index (χ0v) is 18.9. The molecule has 3 heterocycles. The van der Waals surface area contributed by atoms with E-state index in [0.29, 0.717) is 10.8 Å². The fourth-order valence-electron chi connectivity index (χ4n) is 6.46. The summed E-state index contributed by atoms with van der Waals surface area (Å²) in [5, 5.41) is 0. The van der Waals surface area contributed by atoms with E-state index in [4.69, 9.17) is 14.1 Å². The molecule has 0 bridgehead atoms. The maximum absolute atomic E-state index is 6.06. The number of aryl methyl sites for hydroxylation is 2. The summed E-state index contributed by atoms with van der Waals surface area (Å²) in [4.78, 5) is 10.2. The molecule has 3 fully saturated rings. The highest BCUT2D eigenvalue weighted by atomic mass is 16.5. The summed E-state index contributed by atoms with van der Waals surface area (Å²) in [6, 6.07) is 8.40. The van der Waals surface area contributed by atoms with Crippen LogP contribution in [0.4, 0.5) is 0 Å². The van der Waals surface area contributed by atoms with E-state index < -0.39 is 0 Å². The highest BCUT2D eigenvalue weighted by Crippen LogP contribution is 2.63. The highest BCUT2D eigenvalue weighted by molar-refractivity contribution is 5.54. The van der Waals surface area contributed by atoms with E-state index in [-0.39, 0.29) is 0 Å². The average molecular weight is 410 g/mol. The summed E-state index contributed by atoms with van der Waals surface area (Å²) in [6.45, 7) is 17.4. The van der Waals surface area contributed by atoms with Crippen LogP contribution in [0, 0.1) is 30.6 Å². The summed E-state index contributed by atoms with van der Waals surface area (Å²) < 4.78 is 11.6. The first-order chi connectivity index (χ1) is 14.3. The molecule has 5 rings (SSSR count). The molecule has 0 unspecified atom stereocenters. The summed E-state index contributed by atoms with van der Waals surface area (Å²) in [5.74, 6) is 2.46. The Hall–Kier alpha value is -1.69. The van der Waals surface area contributed by atoms with Gasteiger partial charge in [-0.05, 0) is 43.7 Å². The van der Waals surface area contributed by atoms with E-state index in [9.17, 15) is 0 Å². The minimum Gasteiger partial charge on any atom is -0.441 e. The van der Waals surface area contributed by atoms with Crippen LogP contribution in [0.5, 0.6) is 0 Å². The van der Waals surface area contributed by atoms with E-state index >= 15 is 0 Å². The van der Waals surface area contributed by atoms with Gasteiger partial charge in [0.05, 0.1) is 18.9 Å². The number of oxazole rings is 1. The summed E-state index contributed by atoms with van der Waals surface area (Å²) in [7, 11) is 0. The zero-order valence-electron chi connectivity index (χ0n) is 18.9. The highest BCUT2D eigenvalue weighted by Gasteiger charge is 2.62. The van der Waals surface area contributed by atoms with E-state index in [1.165, 1.54) is 31.6 Å². The topological polar surface area (TPSA) is 41.7 Å². The molecule has 162 valence electrons. The molecule has 5 heteroatoms. The predicted molar refractivity (Wildman–Crippen MR) is 118 cm³/mol. The third-order valence-corrected chi connectivity index (χ3v) is 7.64. The maximum Gasteiger partial charge on any atom is 0.226 e. The lowest BCUT2D eigenvalue weighted by atomic mass is 9.48. The fourth-order valence-corrected chi connectivity index (χ4v) is 6.46. The predicted octanol–water partition coefficient (Wildman–Crippen LogP) is 4.14. The second-order valence-corrected chi connectivity index (χ2v) is 10.5. The summed E-state index contributed by atoms with van der Waals surface area (Å²) in [6.07, 6.45) is 1.32. The maximum atomic E-state index is 6.06. The molecule has 2 aliphatic heterocycles. The molecule has 3 aliphatic rings. The Morgan fingerprint density at radius 2 is 1.93 bits per heavy atom. The number of fused-ring (bicyclic) bond motifs is 1. The Morgan fingerprint density at radius 3 is 2.67 bits per heavy atom. The van der Waals surface area contributed by atoms with Gasteiger partial charge in [-0.1, -0.05) is 31.5 Å². The van der Waals surface area contributed by atoms with Gasteiger partial charge in [-0.2, -0.15) is 0 Å². The molecule has 1 aromatic heterocycles. The van der Waals surface area contributed by atoms with Crippen LogP contribution >= 0.6 is 0 Å². The minimum absolute atomic E-state index is 0.428. The Morgan fingerprint density at radius 1 is 1.13 bits per heavy atom. The van der Waals surface area contributed by atoms with Crippen LogP contribution in [-0.4, -0.2) is 60.7 Å². The number of likely N-dealkylation sites (tertiary alicyclic amines) is 1. The van der Waals surface area contributed by atoms with Gasteiger partial charge in [0.1, 0.15) is 5.76 Å².